The number of aliphatic hydroxyl groups is 1. The van der Waals surface area contributed by atoms with Gasteiger partial charge < -0.3 is 10.4 Å². The fraction of sp³-hybridized carbons (Fsp3) is 0.647. The molecule has 0 amide bonds. The molecule has 112 valence electrons. The Hall–Kier alpha value is -0.510. The summed E-state index contributed by atoms with van der Waals surface area (Å²) in [6.07, 6.45) is 5.77. The van der Waals surface area contributed by atoms with Crippen LogP contribution in [0.4, 0.5) is 0 Å². The highest BCUT2D eigenvalue weighted by molar-refractivity contribution is 8.00. The summed E-state index contributed by atoms with van der Waals surface area (Å²) in [7, 11) is 0. The van der Waals surface area contributed by atoms with Crippen molar-refractivity contribution < 1.29 is 5.11 Å². The highest BCUT2D eigenvalue weighted by Gasteiger charge is 2.35. The van der Waals surface area contributed by atoms with Gasteiger partial charge in [0.1, 0.15) is 0 Å². The second-order valence-corrected chi connectivity index (χ2v) is 7.39. The Bertz CT molecular complexity index is 423. The van der Waals surface area contributed by atoms with E-state index in [0.29, 0.717) is 5.25 Å². The smallest absolute Gasteiger partial charge is 0.0613 e. The molecule has 0 bridgehead atoms. The Morgan fingerprint density at radius 1 is 1.45 bits per heavy atom. The highest BCUT2D eigenvalue weighted by Crippen LogP contribution is 2.38. The van der Waals surface area contributed by atoms with Gasteiger partial charge in [0.2, 0.25) is 0 Å². The third-order valence-corrected chi connectivity index (χ3v) is 5.41. The lowest BCUT2D eigenvalue weighted by Gasteiger charge is -2.40. The van der Waals surface area contributed by atoms with E-state index in [1.807, 2.05) is 11.8 Å². The van der Waals surface area contributed by atoms with Gasteiger partial charge in [0.25, 0.3) is 0 Å². The molecule has 1 aliphatic rings. The van der Waals surface area contributed by atoms with Gasteiger partial charge in [-0.2, -0.15) is 0 Å². The predicted octanol–water partition coefficient (Wildman–Crippen LogP) is 3.76. The summed E-state index contributed by atoms with van der Waals surface area (Å²) in [6.45, 7) is 5.59. The normalized spacial score (nSPS) is 26.6. The zero-order valence-electron chi connectivity index (χ0n) is 12.7. The van der Waals surface area contributed by atoms with Gasteiger partial charge in [0.05, 0.1) is 6.61 Å². The Balaban J connectivity index is 1.98. The lowest BCUT2D eigenvalue weighted by molar-refractivity contribution is 0.124. The minimum Gasteiger partial charge on any atom is -0.394 e. The molecule has 0 saturated heterocycles. The third-order valence-electron chi connectivity index (χ3n) is 4.14. The maximum absolute atomic E-state index is 9.82. The number of hydrogen-bond donors (Lipinski definition) is 2. The molecule has 0 spiro atoms. The summed E-state index contributed by atoms with van der Waals surface area (Å²) in [5, 5.41) is 14.0. The molecule has 20 heavy (non-hydrogen) atoms. The van der Waals surface area contributed by atoms with Gasteiger partial charge in [0.15, 0.2) is 0 Å². The number of aliphatic hydroxyl groups excluding tert-OH is 1. The highest BCUT2D eigenvalue weighted by atomic mass is 32.2. The molecule has 1 aromatic rings. The molecule has 0 aromatic heterocycles. The van der Waals surface area contributed by atoms with Crippen molar-refractivity contribution >= 4 is 11.8 Å². The summed E-state index contributed by atoms with van der Waals surface area (Å²) in [5.41, 5.74) is 1.28. The molecule has 2 atom stereocenters. The first-order valence-electron chi connectivity index (χ1n) is 7.77. The Morgan fingerprint density at radius 3 is 3.00 bits per heavy atom. The molecule has 0 radical (unpaired) electrons. The molecule has 0 aliphatic heterocycles. The van der Waals surface area contributed by atoms with Crippen molar-refractivity contribution in [1.29, 1.82) is 0 Å². The first-order chi connectivity index (χ1) is 9.67. The van der Waals surface area contributed by atoms with E-state index >= 15 is 0 Å². The molecule has 1 fully saturated rings. The summed E-state index contributed by atoms with van der Waals surface area (Å²) in [5.74, 6) is 0. The van der Waals surface area contributed by atoms with Crippen LogP contribution < -0.4 is 5.32 Å². The number of aryl methyl sites for hydroxylation is 1. The number of rotatable bonds is 6. The van der Waals surface area contributed by atoms with Crippen molar-refractivity contribution in [2.24, 2.45) is 0 Å². The van der Waals surface area contributed by atoms with Crippen molar-refractivity contribution in [3.63, 3.8) is 0 Å². The Kier molecular flexibility index (Phi) is 5.94. The van der Waals surface area contributed by atoms with Crippen LogP contribution in [0.2, 0.25) is 0 Å². The number of hydrogen-bond acceptors (Lipinski definition) is 3. The van der Waals surface area contributed by atoms with Gasteiger partial charge in [0, 0.05) is 15.7 Å². The third kappa shape index (κ3) is 4.24. The van der Waals surface area contributed by atoms with E-state index in [1.165, 1.54) is 23.3 Å². The summed E-state index contributed by atoms with van der Waals surface area (Å²) >= 11 is 1.98. The first kappa shape index (κ1) is 15.9. The lowest BCUT2D eigenvalue weighted by Crippen LogP contribution is -2.52. The van der Waals surface area contributed by atoms with Crippen LogP contribution in [0.1, 0.15) is 44.6 Å². The van der Waals surface area contributed by atoms with Gasteiger partial charge in [-0.15, -0.1) is 11.8 Å². The minimum atomic E-state index is -0.0459. The van der Waals surface area contributed by atoms with E-state index in [4.69, 9.17) is 0 Å². The molecule has 2 nitrogen and oxygen atoms in total. The quantitative estimate of drug-likeness (QED) is 0.837. The largest absolute Gasteiger partial charge is 0.394 e. The average Bonchev–Trinajstić information content (AvgIpc) is 2.45. The van der Waals surface area contributed by atoms with E-state index in [9.17, 15) is 5.11 Å². The Morgan fingerprint density at radius 2 is 2.30 bits per heavy atom. The predicted molar refractivity (Wildman–Crippen MR) is 87.4 cm³/mol. The zero-order valence-corrected chi connectivity index (χ0v) is 13.5. The molecule has 2 N–H and O–H groups in total. The lowest BCUT2D eigenvalue weighted by atomic mass is 9.82. The van der Waals surface area contributed by atoms with Crippen LogP contribution in [0, 0.1) is 6.92 Å². The minimum absolute atomic E-state index is 0.0459. The van der Waals surface area contributed by atoms with Crippen LogP contribution >= 0.6 is 11.8 Å². The summed E-state index contributed by atoms with van der Waals surface area (Å²) in [6, 6.07) is 8.74. The molecule has 2 rings (SSSR count). The zero-order chi connectivity index (χ0) is 14.4. The molecular formula is C17H27NOS. The fourth-order valence-electron chi connectivity index (χ4n) is 3.04. The van der Waals surface area contributed by atoms with E-state index in [-0.39, 0.29) is 12.1 Å². The molecule has 2 unspecified atom stereocenters. The van der Waals surface area contributed by atoms with Crippen LogP contribution in [0.15, 0.2) is 29.2 Å². The van der Waals surface area contributed by atoms with Crippen LogP contribution in [-0.4, -0.2) is 29.0 Å². The van der Waals surface area contributed by atoms with E-state index < -0.39 is 0 Å². The molecule has 3 heteroatoms. The van der Waals surface area contributed by atoms with Crippen molar-refractivity contribution in [2.75, 3.05) is 13.2 Å². The maximum atomic E-state index is 9.82. The topological polar surface area (TPSA) is 32.3 Å². The van der Waals surface area contributed by atoms with E-state index in [0.717, 1.165) is 25.8 Å². The van der Waals surface area contributed by atoms with Crippen LogP contribution in [-0.2, 0) is 0 Å². The molecule has 1 aromatic carbocycles. The number of nitrogens with one attached hydrogen (secondary N) is 1. The van der Waals surface area contributed by atoms with Gasteiger partial charge >= 0.3 is 0 Å². The van der Waals surface area contributed by atoms with Crippen molar-refractivity contribution in [2.45, 2.75) is 61.6 Å². The van der Waals surface area contributed by atoms with Crippen LogP contribution in [0.5, 0.6) is 0 Å². The molecule has 0 heterocycles. The number of benzene rings is 1. The van der Waals surface area contributed by atoms with Gasteiger partial charge in [-0.05, 0) is 51.3 Å². The molecule has 1 saturated carbocycles. The van der Waals surface area contributed by atoms with Gasteiger partial charge in [-0.3, -0.25) is 0 Å². The monoisotopic (exact) mass is 293 g/mol. The maximum Gasteiger partial charge on any atom is 0.0613 e. The van der Waals surface area contributed by atoms with E-state index in [2.05, 4.69) is 43.4 Å². The van der Waals surface area contributed by atoms with E-state index in [1.54, 1.807) is 0 Å². The van der Waals surface area contributed by atoms with Gasteiger partial charge in [-0.1, -0.05) is 31.0 Å². The number of thioether (sulfide) groups is 1. The van der Waals surface area contributed by atoms with Gasteiger partial charge in [-0.25, -0.2) is 0 Å². The summed E-state index contributed by atoms with van der Waals surface area (Å²) < 4.78 is 0. The van der Waals surface area contributed by atoms with Crippen molar-refractivity contribution in [3.05, 3.63) is 29.8 Å². The molecule has 1 aliphatic carbocycles. The van der Waals surface area contributed by atoms with Crippen LogP contribution in [0.3, 0.4) is 0 Å². The second-order valence-electron chi connectivity index (χ2n) is 6.02. The standard InChI is InChI=1S/C17H27NOS/c1-3-10-18-17(13-19)9-5-8-16(12-17)20-15-7-4-6-14(2)11-15/h4,6-7,11,16,18-19H,3,5,8-10,12-13H2,1-2H3. The second kappa shape index (κ2) is 7.48. The van der Waals surface area contributed by atoms with Crippen LogP contribution in [0.25, 0.3) is 0 Å². The summed E-state index contributed by atoms with van der Waals surface area (Å²) in [4.78, 5) is 1.36. The average molecular weight is 293 g/mol. The Labute approximate surface area is 127 Å². The first-order valence-corrected chi connectivity index (χ1v) is 8.64. The molecular weight excluding hydrogens is 266 g/mol. The van der Waals surface area contributed by atoms with Crippen molar-refractivity contribution in [3.8, 4) is 0 Å². The fourth-order valence-corrected chi connectivity index (χ4v) is 4.52. The SMILES string of the molecule is CCCNC1(CO)CCCC(Sc2cccc(C)c2)C1. The van der Waals surface area contributed by atoms with Crippen molar-refractivity contribution in [1.82, 2.24) is 5.32 Å².